The minimum atomic E-state index is -4.95. The SMILES string of the molecule is C[N+]1(C)CCCC(CC(P(=O)(O)O)P(=O)(O)O)C1=O. The number of piperidine rings is 1. The van der Waals surface area contributed by atoms with Crippen molar-refractivity contribution in [2.45, 2.75) is 24.7 Å². The molecule has 4 N–H and O–H groups in total. The molecule has 0 aromatic heterocycles. The predicted octanol–water partition coefficient (Wildman–Crippen LogP) is 0.0710. The number of hydrogen-bond donors (Lipinski definition) is 4. The number of carbonyl (C=O) groups excluding carboxylic acids is 1. The van der Waals surface area contributed by atoms with Gasteiger partial charge in [-0.25, -0.2) is 4.79 Å². The molecule has 0 spiro atoms. The highest BCUT2D eigenvalue weighted by Crippen LogP contribution is 2.62. The fraction of sp³-hybridized carbons (Fsp3) is 0.889. The van der Waals surface area contributed by atoms with Gasteiger partial charge in [0.05, 0.1) is 26.6 Å². The van der Waals surface area contributed by atoms with Crippen molar-refractivity contribution in [3.05, 3.63) is 0 Å². The summed E-state index contributed by atoms with van der Waals surface area (Å²) in [5.74, 6) is -0.966. The molecular weight excluding hydrogens is 296 g/mol. The molecular formula is C9H20NO7P2+. The van der Waals surface area contributed by atoms with Gasteiger partial charge in [-0.3, -0.25) is 13.6 Å². The third-order valence-corrected chi connectivity index (χ3v) is 7.27. The van der Waals surface area contributed by atoms with E-state index >= 15 is 0 Å². The van der Waals surface area contributed by atoms with Gasteiger partial charge in [-0.15, -0.1) is 0 Å². The number of amides is 1. The summed E-state index contributed by atoms with van der Waals surface area (Å²) in [5.41, 5.74) is 0. The monoisotopic (exact) mass is 316 g/mol. The van der Waals surface area contributed by atoms with Crippen LogP contribution in [0.3, 0.4) is 0 Å². The van der Waals surface area contributed by atoms with Gasteiger partial charge < -0.3 is 19.6 Å². The Hall–Kier alpha value is -0.0700. The van der Waals surface area contributed by atoms with Crippen molar-refractivity contribution in [2.24, 2.45) is 5.92 Å². The van der Waals surface area contributed by atoms with E-state index in [2.05, 4.69) is 0 Å². The standard InChI is InChI=1S/C9H19NO7P2/c1-10(2)5-3-4-7(9(10)11)6-8(18(12,13)14)19(15,16)17/h7-8H,3-6H2,1-2H3,(H3-,12,13,14,15,16,17)/p+1. The zero-order chi connectivity index (χ0) is 15.1. The van der Waals surface area contributed by atoms with E-state index in [1.807, 2.05) is 0 Å². The molecule has 1 heterocycles. The third-order valence-electron chi connectivity index (χ3n) is 3.49. The molecule has 19 heavy (non-hydrogen) atoms. The first-order valence-corrected chi connectivity index (χ1v) is 9.20. The molecule has 8 nitrogen and oxygen atoms in total. The normalized spacial score (nSPS) is 24.8. The fourth-order valence-corrected chi connectivity index (χ4v) is 5.03. The van der Waals surface area contributed by atoms with Crippen molar-refractivity contribution >= 4 is 21.1 Å². The zero-order valence-corrected chi connectivity index (χ0v) is 12.6. The molecule has 0 bridgehead atoms. The largest absolute Gasteiger partial charge is 0.340 e. The molecule has 0 saturated carbocycles. The molecule has 0 aromatic carbocycles. The number of quaternary nitrogens is 1. The fourth-order valence-electron chi connectivity index (χ4n) is 2.40. The minimum absolute atomic E-state index is 0.0692. The van der Waals surface area contributed by atoms with Crippen LogP contribution in [0.15, 0.2) is 0 Å². The highest BCUT2D eigenvalue weighted by Gasteiger charge is 2.48. The summed E-state index contributed by atoms with van der Waals surface area (Å²) in [7, 11) is -6.55. The molecule has 0 aromatic rings. The molecule has 1 rings (SSSR count). The third kappa shape index (κ3) is 4.20. The summed E-state index contributed by atoms with van der Waals surface area (Å²) in [5, 5.41) is -2.09. The van der Waals surface area contributed by atoms with E-state index in [1.165, 1.54) is 0 Å². The van der Waals surface area contributed by atoms with Crippen molar-refractivity contribution < 1.29 is 38.0 Å². The molecule has 1 atom stereocenters. The predicted molar refractivity (Wildman–Crippen MR) is 67.2 cm³/mol. The lowest BCUT2D eigenvalue weighted by Crippen LogP contribution is -2.53. The molecule has 1 aliphatic rings. The summed E-state index contributed by atoms with van der Waals surface area (Å²) in [4.78, 5) is 48.4. The molecule has 1 amide bonds. The quantitative estimate of drug-likeness (QED) is 0.426. The first-order valence-electron chi connectivity index (χ1n) is 5.83. The highest BCUT2D eigenvalue weighted by molar-refractivity contribution is 7.70. The van der Waals surface area contributed by atoms with Gasteiger partial charge in [0, 0.05) is 0 Å². The Balaban J connectivity index is 2.96. The number of carbonyl (C=O) groups is 1. The number of likely N-dealkylation sites (tertiary alicyclic amines) is 1. The number of hydrogen-bond acceptors (Lipinski definition) is 3. The molecule has 0 aliphatic carbocycles. The second-order valence-corrected chi connectivity index (χ2v) is 9.49. The average Bonchev–Trinajstić information content (AvgIpc) is 2.16. The summed E-state index contributed by atoms with van der Waals surface area (Å²) < 4.78 is 22.5. The summed E-state index contributed by atoms with van der Waals surface area (Å²) in [6.07, 6.45) is 0.602. The van der Waals surface area contributed by atoms with Crippen LogP contribution in [0, 0.1) is 5.92 Å². The van der Waals surface area contributed by atoms with Crippen LogP contribution in [-0.2, 0) is 13.9 Å². The molecule has 1 aliphatic heterocycles. The summed E-state index contributed by atoms with van der Waals surface area (Å²) in [6.45, 7) is 0.617. The van der Waals surface area contributed by atoms with Crippen LogP contribution in [-0.4, -0.2) is 56.0 Å². The minimum Gasteiger partial charge on any atom is -0.324 e. The van der Waals surface area contributed by atoms with Gasteiger partial charge in [0.1, 0.15) is 0 Å². The Bertz CT molecular complexity index is 429. The van der Waals surface area contributed by atoms with Crippen molar-refractivity contribution in [1.29, 1.82) is 0 Å². The van der Waals surface area contributed by atoms with E-state index < -0.39 is 32.9 Å². The Morgan fingerprint density at radius 1 is 1.21 bits per heavy atom. The van der Waals surface area contributed by atoms with Crippen molar-refractivity contribution in [3.63, 3.8) is 0 Å². The lowest BCUT2D eigenvalue weighted by atomic mass is 9.93. The summed E-state index contributed by atoms with van der Waals surface area (Å²) in [6, 6.07) is 0. The first-order chi connectivity index (χ1) is 8.36. The van der Waals surface area contributed by atoms with E-state index in [0.717, 1.165) is 0 Å². The average molecular weight is 316 g/mol. The summed E-state index contributed by atoms with van der Waals surface area (Å²) >= 11 is 0. The van der Waals surface area contributed by atoms with E-state index in [0.29, 0.717) is 19.4 Å². The Kier molecular flexibility index (Phi) is 4.80. The molecule has 112 valence electrons. The molecule has 1 saturated heterocycles. The second-order valence-electron chi connectivity index (χ2n) is 5.48. The van der Waals surface area contributed by atoms with Gasteiger partial charge >= 0.3 is 21.1 Å². The van der Waals surface area contributed by atoms with Gasteiger partial charge in [-0.1, -0.05) is 0 Å². The van der Waals surface area contributed by atoms with Crippen LogP contribution in [0.25, 0.3) is 0 Å². The number of nitrogens with zero attached hydrogens (tertiary/aromatic N) is 1. The van der Waals surface area contributed by atoms with Crippen molar-refractivity contribution in [1.82, 2.24) is 0 Å². The van der Waals surface area contributed by atoms with E-state index in [4.69, 9.17) is 19.6 Å². The number of rotatable bonds is 4. The van der Waals surface area contributed by atoms with E-state index in [1.54, 1.807) is 14.1 Å². The molecule has 1 fully saturated rings. The lowest BCUT2D eigenvalue weighted by Gasteiger charge is -2.36. The van der Waals surface area contributed by atoms with E-state index in [9.17, 15) is 13.9 Å². The second kappa shape index (κ2) is 5.37. The van der Waals surface area contributed by atoms with E-state index in [-0.39, 0.29) is 10.4 Å². The molecule has 1 unspecified atom stereocenters. The van der Waals surface area contributed by atoms with Crippen LogP contribution >= 0.6 is 15.2 Å². The topological polar surface area (TPSA) is 132 Å². The maximum absolute atomic E-state index is 12.1. The highest BCUT2D eigenvalue weighted by atomic mass is 31.2. The molecule has 10 heteroatoms. The van der Waals surface area contributed by atoms with Gasteiger partial charge in [0.25, 0.3) is 0 Å². The maximum Gasteiger partial charge on any atom is 0.340 e. The van der Waals surface area contributed by atoms with Crippen LogP contribution in [0.2, 0.25) is 0 Å². The Morgan fingerprint density at radius 2 is 1.68 bits per heavy atom. The van der Waals surface area contributed by atoms with Gasteiger partial charge in [-0.05, 0) is 19.3 Å². The first kappa shape index (κ1) is 17.0. The van der Waals surface area contributed by atoms with Gasteiger partial charge in [-0.2, -0.15) is 0 Å². The Morgan fingerprint density at radius 3 is 2.11 bits per heavy atom. The van der Waals surface area contributed by atoms with Gasteiger partial charge in [0.15, 0.2) is 5.40 Å². The van der Waals surface area contributed by atoms with Crippen LogP contribution in [0.1, 0.15) is 19.3 Å². The van der Waals surface area contributed by atoms with Crippen LogP contribution in [0.5, 0.6) is 0 Å². The van der Waals surface area contributed by atoms with Crippen LogP contribution in [0.4, 0.5) is 0 Å². The smallest absolute Gasteiger partial charge is 0.324 e. The van der Waals surface area contributed by atoms with Gasteiger partial charge in [0.2, 0.25) is 0 Å². The van der Waals surface area contributed by atoms with Crippen LogP contribution < -0.4 is 0 Å². The Labute approximate surface area is 111 Å². The zero-order valence-electron chi connectivity index (χ0n) is 10.8. The van der Waals surface area contributed by atoms with Crippen molar-refractivity contribution in [2.75, 3.05) is 20.6 Å². The maximum atomic E-state index is 12.1. The lowest BCUT2D eigenvalue weighted by molar-refractivity contribution is -0.819. The molecule has 0 radical (unpaired) electrons. The van der Waals surface area contributed by atoms with Crippen molar-refractivity contribution in [3.8, 4) is 0 Å².